The predicted octanol–water partition coefficient (Wildman–Crippen LogP) is 4.76. The Bertz CT molecular complexity index is 1350. The largest absolute Gasteiger partial charge is 0.490 e. The number of nitrogens with one attached hydrogen (secondary N) is 2. The van der Waals surface area contributed by atoms with E-state index in [4.69, 9.17) is 21.1 Å². The molecule has 210 valence electrons. The molecule has 1 saturated heterocycles. The average Bonchev–Trinajstić information content (AvgIpc) is 3.11. The van der Waals surface area contributed by atoms with Crippen LogP contribution in [0.3, 0.4) is 0 Å². The molecule has 0 saturated carbocycles. The summed E-state index contributed by atoms with van der Waals surface area (Å²) < 4.78 is 15.9. The van der Waals surface area contributed by atoms with E-state index in [1.54, 1.807) is 18.2 Å². The van der Waals surface area contributed by atoms with Gasteiger partial charge in [0.1, 0.15) is 18.1 Å². The zero-order chi connectivity index (χ0) is 28.1. The number of ether oxygens (including phenoxy) is 3. The highest BCUT2D eigenvalue weighted by molar-refractivity contribution is 6.30. The molecule has 0 spiro atoms. The molecule has 3 N–H and O–H groups in total. The molecule has 0 aliphatic carbocycles. The van der Waals surface area contributed by atoms with Crippen LogP contribution in [0.2, 0.25) is 5.02 Å². The third kappa shape index (κ3) is 6.33. The quantitative estimate of drug-likeness (QED) is 0.476. The number of imide groups is 1. The topological polar surface area (TPSA) is 109 Å². The fraction of sp³-hybridized carbons (Fsp3) is 0.333. The van der Waals surface area contributed by atoms with Crippen LogP contribution >= 0.6 is 11.6 Å². The number of amides is 2. The highest BCUT2D eigenvalue weighted by Gasteiger charge is 2.34. The molecule has 1 atom stereocenters. The molecule has 0 aromatic heterocycles. The summed E-state index contributed by atoms with van der Waals surface area (Å²) in [4.78, 5) is 25.8. The Labute approximate surface area is 238 Å². The molecule has 10 heteroatoms. The first-order valence-electron chi connectivity index (χ1n) is 13.2. The molecule has 1 fully saturated rings. The molecular formula is C30H32ClN3O6. The standard InChI is InChI=1S/C30H32ClN3O6/c1-38-28(35)33-29(36)40-22-10-11-27-25(18-22)23(24-4-2-14-32-26(24)19-39-27)5-3-15-34-16-12-30(37,13-17-34)20-6-8-21(31)9-7-20/h2,4-11,14,18,26,32,37H,3,12-13,15-17,19H2,1H3,(H,33,35,36)/b23-5+. The number of dihydropyridines is 1. The van der Waals surface area contributed by atoms with E-state index in [1.807, 2.05) is 41.9 Å². The number of alkyl carbamates (subject to hydrolysis) is 1. The van der Waals surface area contributed by atoms with Crippen LogP contribution < -0.4 is 20.1 Å². The molecule has 2 aromatic rings. The summed E-state index contributed by atoms with van der Waals surface area (Å²) in [6.45, 7) is 2.84. The van der Waals surface area contributed by atoms with E-state index in [2.05, 4.69) is 27.1 Å². The Hall–Kier alpha value is -3.79. The van der Waals surface area contributed by atoms with Crippen LogP contribution in [0, 0.1) is 0 Å². The van der Waals surface area contributed by atoms with Crippen molar-refractivity contribution in [3.8, 4) is 11.5 Å². The molecular weight excluding hydrogens is 534 g/mol. The molecule has 5 rings (SSSR count). The van der Waals surface area contributed by atoms with Gasteiger partial charge < -0.3 is 29.5 Å². The van der Waals surface area contributed by atoms with Crippen molar-refractivity contribution in [2.24, 2.45) is 0 Å². The number of hydrogen-bond donors (Lipinski definition) is 3. The fourth-order valence-electron chi connectivity index (χ4n) is 5.26. The zero-order valence-corrected chi connectivity index (χ0v) is 22.9. The summed E-state index contributed by atoms with van der Waals surface area (Å²) >= 11 is 6.02. The predicted molar refractivity (Wildman–Crippen MR) is 151 cm³/mol. The van der Waals surface area contributed by atoms with Gasteiger partial charge >= 0.3 is 12.2 Å². The number of aliphatic hydroxyl groups is 1. The number of piperidine rings is 1. The van der Waals surface area contributed by atoms with Gasteiger partial charge in [0.15, 0.2) is 0 Å². The minimum atomic E-state index is -0.935. The van der Waals surface area contributed by atoms with Gasteiger partial charge in [-0.1, -0.05) is 35.9 Å². The van der Waals surface area contributed by atoms with E-state index >= 15 is 0 Å². The molecule has 3 heterocycles. The number of hydrogen-bond acceptors (Lipinski definition) is 8. The van der Waals surface area contributed by atoms with Gasteiger partial charge in [-0.3, -0.25) is 0 Å². The van der Waals surface area contributed by atoms with Crippen LogP contribution in [0.1, 0.15) is 30.4 Å². The number of carbonyl (C=O) groups is 2. The minimum absolute atomic E-state index is 0.0278. The van der Waals surface area contributed by atoms with Gasteiger partial charge in [0.25, 0.3) is 0 Å². The molecule has 3 aliphatic heterocycles. The van der Waals surface area contributed by atoms with Gasteiger partial charge in [0.2, 0.25) is 0 Å². The van der Waals surface area contributed by atoms with Crippen molar-refractivity contribution in [3.05, 3.63) is 88.6 Å². The molecule has 2 amide bonds. The third-order valence-electron chi connectivity index (χ3n) is 7.46. The fourth-order valence-corrected chi connectivity index (χ4v) is 5.39. The number of carbonyl (C=O) groups excluding carboxylic acids is 2. The molecule has 40 heavy (non-hydrogen) atoms. The second kappa shape index (κ2) is 12.2. The van der Waals surface area contributed by atoms with E-state index in [0.29, 0.717) is 30.2 Å². The summed E-state index contributed by atoms with van der Waals surface area (Å²) in [5.74, 6) is 0.945. The Balaban J connectivity index is 1.31. The lowest BCUT2D eigenvalue weighted by Gasteiger charge is -2.38. The van der Waals surface area contributed by atoms with Crippen LogP contribution in [0.15, 0.2) is 72.5 Å². The maximum absolute atomic E-state index is 12.1. The Morgan fingerprint density at radius 3 is 2.73 bits per heavy atom. The molecule has 3 aliphatic rings. The maximum atomic E-state index is 12.1. The van der Waals surface area contributed by atoms with E-state index in [0.717, 1.165) is 48.3 Å². The lowest BCUT2D eigenvalue weighted by molar-refractivity contribution is -0.0254. The van der Waals surface area contributed by atoms with E-state index in [1.165, 1.54) is 7.11 Å². The number of fused-ring (bicyclic) bond motifs is 2. The summed E-state index contributed by atoms with van der Waals surface area (Å²) in [6, 6.07) is 12.5. The smallest absolute Gasteiger partial charge is 0.422 e. The lowest BCUT2D eigenvalue weighted by atomic mass is 9.84. The van der Waals surface area contributed by atoms with Crippen molar-refractivity contribution >= 4 is 29.4 Å². The van der Waals surface area contributed by atoms with E-state index in [9.17, 15) is 14.7 Å². The van der Waals surface area contributed by atoms with Gasteiger partial charge in [-0.25, -0.2) is 14.9 Å². The van der Waals surface area contributed by atoms with E-state index < -0.39 is 17.8 Å². The van der Waals surface area contributed by atoms with Crippen molar-refractivity contribution < 1.29 is 28.9 Å². The van der Waals surface area contributed by atoms with Crippen molar-refractivity contribution in [1.82, 2.24) is 15.5 Å². The van der Waals surface area contributed by atoms with Crippen molar-refractivity contribution in [2.75, 3.05) is 33.4 Å². The maximum Gasteiger partial charge on any atom is 0.422 e. The Morgan fingerprint density at radius 2 is 1.98 bits per heavy atom. The molecule has 0 radical (unpaired) electrons. The summed E-state index contributed by atoms with van der Waals surface area (Å²) in [7, 11) is 1.17. The monoisotopic (exact) mass is 565 g/mol. The van der Waals surface area contributed by atoms with Crippen LogP contribution in [0.25, 0.3) is 5.57 Å². The number of methoxy groups -OCH3 is 1. The van der Waals surface area contributed by atoms with Gasteiger partial charge in [-0.05, 0) is 78.6 Å². The number of allylic oxidation sites excluding steroid dienone is 2. The normalized spacial score (nSPS) is 20.6. The zero-order valence-electron chi connectivity index (χ0n) is 22.2. The lowest BCUT2D eigenvalue weighted by Crippen LogP contribution is -2.42. The van der Waals surface area contributed by atoms with Crippen LogP contribution in [-0.4, -0.2) is 61.6 Å². The molecule has 2 aromatic carbocycles. The SMILES string of the molecule is COC(=O)NC(=O)Oc1ccc2c(c1)/C(=C/CCN1CCC(O)(c3ccc(Cl)cc3)CC1)C1=CC=CNC1CO2. The number of likely N-dealkylation sites (tertiary alicyclic amines) is 1. The number of halogens is 1. The minimum Gasteiger partial charge on any atom is -0.490 e. The number of benzene rings is 2. The first kappa shape index (κ1) is 27.8. The Kier molecular flexibility index (Phi) is 8.44. The van der Waals surface area contributed by atoms with Crippen molar-refractivity contribution in [2.45, 2.75) is 30.9 Å². The summed E-state index contributed by atoms with van der Waals surface area (Å²) in [6.07, 6.45) is 8.34. The van der Waals surface area contributed by atoms with Crippen molar-refractivity contribution in [1.29, 1.82) is 0 Å². The van der Waals surface area contributed by atoms with Crippen molar-refractivity contribution in [3.63, 3.8) is 0 Å². The summed E-state index contributed by atoms with van der Waals surface area (Å²) in [5.41, 5.74) is 2.93. The van der Waals surface area contributed by atoms with E-state index in [-0.39, 0.29) is 11.8 Å². The first-order chi connectivity index (χ1) is 19.3. The van der Waals surface area contributed by atoms with Crippen LogP contribution in [-0.2, 0) is 10.3 Å². The molecule has 9 nitrogen and oxygen atoms in total. The molecule has 0 bridgehead atoms. The highest BCUT2D eigenvalue weighted by atomic mass is 35.5. The first-order valence-corrected chi connectivity index (χ1v) is 13.6. The average molecular weight is 566 g/mol. The van der Waals surface area contributed by atoms with Crippen LogP contribution in [0.4, 0.5) is 9.59 Å². The van der Waals surface area contributed by atoms with Gasteiger partial charge in [-0.2, -0.15) is 0 Å². The van der Waals surface area contributed by atoms with Crippen LogP contribution in [0.5, 0.6) is 11.5 Å². The second-order valence-electron chi connectivity index (χ2n) is 9.96. The summed E-state index contributed by atoms with van der Waals surface area (Å²) in [5, 5.41) is 17.2. The molecule has 1 unspecified atom stereocenters. The highest BCUT2D eigenvalue weighted by Crippen LogP contribution is 2.39. The Morgan fingerprint density at radius 1 is 1.20 bits per heavy atom. The van der Waals surface area contributed by atoms with Gasteiger partial charge in [0.05, 0.1) is 18.8 Å². The van der Waals surface area contributed by atoms with Gasteiger partial charge in [-0.15, -0.1) is 0 Å². The number of nitrogens with zero attached hydrogens (tertiary/aromatic N) is 1. The third-order valence-corrected chi connectivity index (χ3v) is 7.71. The second-order valence-corrected chi connectivity index (χ2v) is 10.4. The number of rotatable bonds is 5. The van der Waals surface area contributed by atoms with Gasteiger partial charge in [0, 0.05) is 30.2 Å².